The Balaban J connectivity index is 1.25. The number of hydrogen-bond acceptors (Lipinski definition) is 6. The summed E-state index contributed by atoms with van der Waals surface area (Å²) in [6.07, 6.45) is 5.27. The first kappa shape index (κ1) is 27.2. The number of nitrogens with zero attached hydrogens (tertiary/aromatic N) is 4. The highest BCUT2D eigenvalue weighted by Crippen LogP contribution is 2.36. The van der Waals surface area contributed by atoms with Crippen LogP contribution >= 0.6 is 15.9 Å². The van der Waals surface area contributed by atoms with Gasteiger partial charge in [0.05, 0.1) is 11.2 Å². The maximum Gasteiger partial charge on any atom is 0.245 e. The van der Waals surface area contributed by atoms with E-state index < -0.39 is 10.0 Å². The van der Waals surface area contributed by atoms with Gasteiger partial charge in [-0.05, 0) is 82.4 Å². The van der Waals surface area contributed by atoms with E-state index in [-0.39, 0.29) is 5.54 Å². The molecular weight excluding hydrogens is 564 g/mol. The van der Waals surface area contributed by atoms with E-state index in [0.29, 0.717) is 36.0 Å². The molecule has 2 saturated heterocycles. The monoisotopic (exact) mass is 598 g/mol. The molecule has 2 aromatic carbocycles. The number of benzene rings is 2. The van der Waals surface area contributed by atoms with Gasteiger partial charge < -0.3 is 4.84 Å². The number of halogens is 1. The number of oxime groups is 1. The van der Waals surface area contributed by atoms with Crippen molar-refractivity contribution in [3.63, 3.8) is 0 Å². The van der Waals surface area contributed by atoms with Crippen molar-refractivity contribution >= 4 is 42.6 Å². The van der Waals surface area contributed by atoms with E-state index in [0.717, 1.165) is 59.9 Å². The number of sulfonamides is 1. The maximum atomic E-state index is 13.6. The number of aromatic nitrogens is 1. The van der Waals surface area contributed by atoms with E-state index in [9.17, 15) is 8.42 Å². The summed E-state index contributed by atoms with van der Waals surface area (Å²) < 4.78 is 29.9. The fourth-order valence-corrected chi connectivity index (χ4v) is 7.63. The Morgan fingerprint density at radius 1 is 1.05 bits per heavy atom. The number of likely N-dealkylation sites (tertiary alicyclic amines) is 1. The van der Waals surface area contributed by atoms with E-state index in [4.69, 9.17) is 4.84 Å². The summed E-state index contributed by atoms with van der Waals surface area (Å²) in [4.78, 5) is 12.7. The highest BCUT2D eigenvalue weighted by molar-refractivity contribution is 9.10. The average Bonchev–Trinajstić information content (AvgIpc) is 2.94. The first-order valence-electron chi connectivity index (χ1n) is 13.4. The molecule has 9 heteroatoms. The molecule has 0 amide bonds. The second kappa shape index (κ2) is 11.4. The lowest BCUT2D eigenvalue weighted by Gasteiger charge is -2.49. The summed E-state index contributed by atoms with van der Waals surface area (Å²) in [5.41, 5.74) is 2.64. The SMILES string of the molecule is CCON=C(c1ccc(Br)cc1)C1CCN(C2(C)CCN(S(=O)(=O)c3cccc4cccnc34)CC2)CC1. The van der Waals surface area contributed by atoms with Crippen LogP contribution < -0.4 is 0 Å². The highest BCUT2D eigenvalue weighted by atomic mass is 79.9. The Labute approximate surface area is 234 Å². The van der Waals surface area contributed by atoms with Crippen LogP contribution in [0.25, 0.3) is 10.9 Å². The highest BCUT2D eigenvalue weighted by Gasteiger charge is 2.41. The summed E-state index contributed by atoms with van der Waals surface area (Å²) in [6, 6.07) is 17.4. The number of pyridine rings is 1. The summed E-state index contributed by atoms with van der Waals surface area (Å²) in [7, 11) is -3.61. The molecule has 0 spiro atoms. The first-order chi connectivity index (χ1) is 18.3. The minimum absolute atomic E-state index is 0.0250. The molecular formula is C29H35BrN4O3S. The molecule has 3 aromatic rings. The smallest absolute Gasteiger partial charge is 0.245 e. The second-order valence-electron chi connectivity index (χ2n) is 10.4. The van der Waals surface area contributed by atoms with Crippen LogP contribution in [0, 0.1) is 5.92 Å². The van der Waals surface area contributed by atoms with Crippen LogP contribution in [-0.2, 0) is 14.9 Å². The van der Waals surface area contributed by atoms with Crippen molar-refractivity contribution in [1.29, 1.82) is 0 Å². The molecule has 0 bridgehead atoms. The maximum absolute atomic E-state index is 13.6. The van der Waals surface area contributed by atoms with Crippen LogP contribution in [-0.4, -0.2) is 66.6 Å². The van der Waals surface area contributed by atoms with Crippen molar-refractivity contribution in [1.82, 2.24) is 14.2 Å². The summed E-state index contributed by atoms with van der Waals surface area (Å²) in [6.45, 7) is 7.74. The number of hydrogen-bond donors (Lipinski definition) is 0. The van der Waals surface area contributed by atoms with Crippen molar-refractivity contribution < 1.29 is 13.3 Å². The molecule has 0 radical (unpaired) electrons. The van der Waals surface area contributed by atoms with Gasteiger partial charge in [-0.15, -0.1) is 0 Å². The van der Waals surface area contributed by atoms with Gasteiger partial charge in [-0.3, -0.25) is 9.88 Å². The molecule has 0 N–H and O–H groups in total. The third-order valence-corrected chi connectivity index (χ3v) is 10.5. The zero-order valence-electron chi connectivity index (χ0n) is 22.0. The van der Waals surface area contributed by atoms with E-state index in [1.54, 1.807) is 22.6 Å². The lowest BCUT2D eigenvalue weighted by Crippen LogP contribution is -2.56. The molecule has 0 saturated carbocycles. The molecule has 1 aromatic heterocycles. The number of fused-ring (bicyclic) bond motifs is 1. The van der Waals surface area contributed by atoms with Crippen molar-refractivity contribution in [2.75, 3.05) is 32.8 Å². The van der Waals surface area contributed by atoms with Crippen molar-refractivity contribution in [3.8, 4) is 0 Å². The van der Waals surface area contributed by atoms with Gasteiger partial charge in [0, 0.05) is 40.6 Å². The fraction of sp³-hybridized carbons (Fsp3) is 0.448. The van der Waals surface area contributed by atoms with Crippen molar-refractivity contribution in [2.45, 2.75) is 50.0 Å². The summed E-state index contributed by atoms with van der Waals surface area (Å²) >= 11 is 3.52. The van der Waals surface area contributed by atoms with E-state index >= 15 is 0 Å². The molecule has 0 aliphatic carbocycles. The van der Waals surface area contributed by atoms with Crippen molar-refractivity contribution in [2.24, 2.45) is 11.1 Å². The van der Waals surface area contributed by atoms with E-state index in [1.807, 2.05) is 37.3 Å². The van der Waals surface area contributed by atoms with Gasteiger partial charge in [-0.25, -0.2) is 8.42 Å². The van der Waals surface area contributed by atoms with Crippen LogP contribution in [0.1, 0.15) is 45.1 Å². The summed E-state index contributed by atoms with van der Waals surface area (Å²) in [5.74, 6) is 0.335. The van der Waals surface area contributed by atoms with Gasteiger partial charge in [0.15, 0.2) is 0 Å². The normalized spacial score (nSPS) is 20.0. The third kappa shape index (κ3) is 5.52. The zero-order valence-corrected chi connectivity index (χ0v) is 24.4. The largest absolute Gasteiger partial charge is 0.396 e. The molecule has 0 unspecified atom stereocenters. The van der Waals surface area contributed by atoms with Gasteiger partial charge >= 0.3 is 0 Å². The Morgan fingerprint density at radius 3 is 2.42 bits per heavy atom. The van der Waals surface area contributed by atoms with Crippen LogP contribution in [0.3, 0.4) is 0 Å². The Hall–Kier alpha value is -2.33. The standard InChI is InChI=1S/C29H35BrN4O3S/c1-3-37-32-27(23-9-11-25(30)12-10-23)24-13-18-33(19-14-24)29(2)15-20-34(21-16-29)38(35,36)26-8-4-6-22-7-5-17-31-28(22)26/h4-12,17,24H,3,13-16,18-21H2,1-2H3. The third-order valence-electron chi connectivity index (χ3n) is 8.09. The van der Waals surface area contributed by atoms with Gasteiger partial charge in [-0.2, -0.15) is 4.31 Å². The molecule has 0 atom stereocenters. The molecule has 38 heavy (non-hydrogen) atoms. The van der Waals surface area contributed by atoms with Crippen LogP contribution in [0.15, 0.2) is 75.3 Å². The van der Waals surface area contributed by atoms with E-state index in [1.165, 1.54) is 0 Å². The van der Waals surface area contributed by atoms with Crippen LogP contribution in [0.5, 0.6) is 0 Å². The van der Waals surface area contributed by atoms with Crippen LogP contribution in [0.2, 0.25) is 0 Å². The Morgan fingerprint density at radius 2 is 1.74 bits per heavy atom. The van der Waals surface area contributed by atoms with Gasteiger partial charge in [0.25, 0.3) is 0 Å². The fourth-order valence-electron chi connectivity index (χ4n) is 5.76. The first-order valence-corrected chi connectivity index (χ1v) is 15.6. The lowest BCUT2D eigenvalue weighted by molar-refractivity contribution is 0.0326. The Kier molecular flexibility index (Phi) is 8.19. The molecule has 202 valence electrons. The second-order valence-corrected chi connectivity index (χ2v) is 13.2. The average molecular weight is 600 g/mol. The predicted molar refractivity (Wildman–Crippen MR) is 155 cm³/mol. The zero-order chi connectivity index (χ0) is 26.8. The van der Waals surface area contributed by atoms with E-state index in [2.05, 4.69) is 50.0 Å². The van der Waals surface area contributed by atoms with Crippen molar-refractivity contribution in [3.05, 3.63) is 70.8 Å². The van der Waals surface area contributed by atoms with Gasteiger partial charge in [0.1, 0.15) is 11.5 Å². The topological polar surface area (TPSA) is 75.1 Å². The minimum Gasteiger partial charge on any atom is -0.396 e. The quantitative estimate of drug-likeness (QED) is 0.258. The molecule has 5 rings (SSSR count). The molecule has 3 heterocycles. The molecule has 2 fully saturated rings. The lowest BCUT2D eigenvalue weighted by atomic mass is 9.83. The van der Waals surface area contributed by atoms with Gasteiger partial charge in [0.2, 0.25) is 10.0 Å². The minimum atomic E-state index is -3.61. The number of piperidine rings is 2. The number of rotatable bonds is 7. The molecule has 2 aliphatic rings. The Bertz CT molecular complexity index is 1390. The molecule has 7 nitrogen and oxygen atoms in total. The number of para-hydroxylation sites is 1. The summed E-state index contributed by atoms with van der Waals surface area (Å²) in [5, 5.41) is 5.35. The predicted octanol–water partition coefficient (Wildman–Crippen LogP) is 5.69. The van der Waals surface area contributed by atoms with Gasteiger partial charge in [-0.1, -0.05) is 51.4 Å². The van der Waals surface area contributed by atoms with Crippen LogP contribution in [0.4, 0.5) is 0 Å². The molecule has 2 aliphatic heterocycles.